The summed E-state index contributed by atoms with van der Waals surface area (Å²) in [5, 5.41) is 22.9. The van der Waals surface area contributed by atoms with E-state index in [4.69, 9.17) is 8.83 Å². The second kappa shape index (κ2) is 5.98. The molecular weight excluding hydrogens is 363 g/mol. The van der Waals surface area contributed by atoms with E-state index in [1.807, 2.05) is 36.4 Å². The highest BCUT2D eigenvalue weighted by molar-refractivity contribution is 6.59. The van der Waals surface area contributed by atoms with E-state index in [0.29, 0.717) is 11.0 Å². The van der Waals surface area contributed by atoms with Crippen LogP contribution in [0.1, 0.15) is 0 Å². The third kappa shape index (κ3) is 2.42. The monoisotopic (exact) mass is 378 g/mol. The molecule has 0 bridgehead atoms. The molecule has 0 amide bonds. The van der Waals surface area contributed by atoms with Gasteiger partial charge in [0.1, 0.15) is 22.3 Å². The van der Waals surface area contributed by atoms with Crippen LogP contribution in [0.25, 0.3) is 55.0 Å². The molecule has 2 N–H and O–H groups in total. The van der Waals surface area contributed by atoms with Crippen LogP contribution in [0.15, 0.2) is 87.7 Å². The summed E-state index contributed by atoms with van der Waals surface area (Å²) in [6.45, 7) is 0. The van der Waals surface area contributed by atoms with E-state index < -0.39 is 7.12 Å². The van der Waals surface area contributed by atoms with Gasteiger partial charge in [-0.2, -0.15) is 0 Å². The minimum Gasteiger partial charge on any atom is -0.456 e. The van der Waals surface area contributed by atoms with Crippen LogP contribution in [0.5, 0.6) is 0 Å². The van der Waals surface area contributed by atoms with Crippen LogP contribution in [0.3, 0.4) is 0 Å². The maximum absolute atomic E-state index is 9.61. The van der Waals surface area contributed by atoms with Crippen molar-refractivity contribution in [3.05, 3.63) is 78.9 Å². The molecule has 0 atom stereocenters. The van der Waals surface area contributed by atoms with Crippen LogP contribution in [-0.4, -0.2) is 17.2 Å². The molecule has 6 rings (SSSR count). The smallest absolute Gasteiger partial charge is 0.456 e. The molecule has 138 valence electrons. The zero-order chi connectivity index (χ0) is 19.5. The average Bonchev–Trinajstić information content (AvgIpc) is 3.30. The Balaban J connectivity index is 1.75. The second-order valence-corrected chi connectivity index (χ2v) is 7.22. The van der Waals surface area contributed by atoms with Gasteiger partial charge in [-0.3, -0.25) is 0 Å². The van der Waals surface area contributed by atoms with Crippen molar-refractivity contribution in [2.75, 3.05) is 0 Å². The zero-order valence-electron chi connectivity index (χ0n) is 15.3. The van der Waals surface area contributed by atoms with Gasteiger partial charge in [-0.15, -0.1) is 0 Å². The Bertz CT molecular complexity index is 1530. The number of hydrogen-bond donors (Lipinski definition) is 2. The molecule has 2 heterocycles. The van der Waals surface area contributed by atoms with Crippen molar-refractivity contribution < 1.29 is 18.9 Å². The van der Waals surface area contributed by atoms with Gasteiger partial charge >= 0.3 is 7.12 Å². The van der Waals surface area contributed by atoms with Crippen molar-refractivity contribution in [1.82, 2.24) is 0 Å². The van der Waals surface area contributed by atoms with Gasteiger partial charge in [0.15, 0.2) is 0 Å². The highest BCUT2D eigenvalue weighted by Gasteiger charge is 2.19. The molecule has 0 aliphatic carbocycles. The predicted octanol–water partition coefficient (Wildman–Crippen LogP) is 4.83. The van der Waals surface area contributed by atoms with E-state index in [0.717, 1.165) is 49.4 Å². The second-order valence-electron chi connectivity index (χ2n) is 7.22. The fourth-order valence-electron chi connectivity index (χ4n) is 4.12. The van der Waals surface area contributed by atoms with Crippen molar-refractivity contribution in [2.45, 2.75) is 0 Å². The first-order valence-electron chi connectivity index (χ1n) is 9.42. The minimum absolute atomic E-state index is 0.426. The van der Waals surface area contributed by atoms with Crippen LogP contribution < -0.4 is 5.46 Å². The lowest BCUT2D eigenvalue weighted by Crippen LogP contribution is -2.29. The Labute approximate surface area is 165 Å². The van der Waals surface area contributed by atoms with Crippen molar-refractivity contribution in [3.8, 4) is 11.1 Å². The lowest BCUT2D eigenvalue weighted by Gasteiger charge is -2.02. The molecule has 0 radical (unpaired) electrons. The van der Waals surface area contributed by atoms with Gasteiger partial charge in [-0.25, -0.2) is 0 Å². The lowest BCUT2D eigenvalue weighted by molar-refractivity contribution is 0.426. The molecule has 0 saturated heterocycles. The number of fused-ring (bicyclic) bond motifs is 7. The number of rotatable bonds is 2. The fraction of sp³-hybridized carbons (Fsp3) is 0. The molecule has 4 nitrogen and oxygen atoms in total. The number of hydrogen-bond acceptors (Lipinski definition) is 4. The van der Waals surface area contributed by atoms with Gasteiger partial charge in [-0.05, 0) is 46.9 Å². The lowest BCUT2D eigenvalue weighted by atomic mass is 9.80. The van der Waals surface area contributed by atoms with E-state index in [-0.39, 0.29) is 0 Å². The van der Waals surface area contributed by atoms with Gasteiger partial charge in [0.05, 0.1) is 0 Å². The molecule has 2 aromatic heterocycles. The average molecular weight is 378 g/mol. The maximum Gasteiger partial charge on any atom is 0.488 e. The van der Waals surface area contributed by atoms with Gasteiger partial charge in [0.2, 0.25) is 0 Å². The van der Waals surface area contributed by atoms with Crippen molar-refractivity contribution >= 4 is 56.5 Å². The Morgan fingerprint density at radius 1 is 0.552 bits per heavy atom. The Hall–Kier alpha value is -3.54. The van der Waals surface area contributed by atoms with E-state index >= 15 is 0 Å². The molecule has 5 heteroatoms. The summed E-state index contributed by atoms with van der Waals surface area (Å²) in [6, 6.07) is 25.4. The number of benzene rings is 4. The van der Waals surface area contributed by atoms with E-state index in [9.17, 15) is 10.0 Å². The molecule has 0 saturated carbocycles. The number of furan rings is 2. The van der Waals surface area contributed by atoms with Gasteiger partial charge in [-0.1, -0.05) is 48.5 Å². The fourth-order valence-corrected chi connectivity index (χ4v) is 4.12. The third-order valence-electron chi connectivity index (χ3n) is 5.50. The van der Waals surface area contributed by atoms with E-state index in [2.05, 4.69) is 24.3 Å². The van der Waals surface area contributed by atoms with E-state index in [1.165, 1.54) is 0 Å². The highest BCUT2D eigenvalue weighted by atomic mass is 16.4. The molecule has 0 unspecified atom stereocenters. The molecular formula is C24H15BO4. The summed E-state index contributed by atoms with van der Waals surface area (Å²) < 4.78 is 12.1. The van der Waals surface area contributed by atoms with Crippen LogP contribution in [0, 0.1) is 0 Å². The standard InChI is InChI=1S/C24H15BO4/c26-25(27)16-7-9-20-18(13-16)24-22(29-20)11-10-21-23(24)17-12-15(6-8-19(17)28-21)14-4-2-1-3-5-14/h1-13,26-27H. The summed E-state index contributed by atoms with van der Waals surface area (Å²) in [5.74, 6) is 0. The molecule has 29 heavy (non-hydrogen) atoms. The quantitative estimate of drug-likeness (QED) is 0.424. The zero-order valence-corrected chi connectivity index (χ0v) is 15.3. The van der Waals surface area contributed by atoms with Crippen molar-refractivity contribution in [3.63, 3.8) is 0 Å². The van der Waals surface area contributed by atoms with Crippen LogP contribution in [0.2, 0.25) is 0 Å². The van der Waals surface area contributed by atoms with Crippen molar-refractivity contribution in [1.29, 1.82) is 0 Å². The minimum atomic E-state index is -1.53. The van der Waals surface area contributed by atoms with Crippen LogP contribution in [-0.2, 0) is 0 Å². The Morgan fingerprint density at radius 2 is 1.14 bits per heavy atom. The Kier molecular flexibility index (Phi) is 3.39. The predicted molar refractivity (Wildman–Crippen MR) is 116 cm³/mol. The van der Waals surface area contributed by atoms with Gasteiger partial charge in [0, 0.05) is 21.5 Å². The molecule has 4 aromatic carbocycles. The summed E-state index contributed by atoms with van der Waals surface area (Å²) in [6.07, 6.45) is 0. The Morgan fingerprint density at radius 3 is 1.79 bits per heavy atom. The SMILES string of the molecule is OB(O)c1ccc2oc3ccc4oc5ccc(-c6ccccc6)cc5c4c3c2c1. The molecule has 0 aliphatic rings. The largest absolute Gasteiger partial charge is 0.488 e. The summed E-state index contributed by atoms with van der Waals surface area (Å²) in [7, 11) is -1.53. The van der Waals surface area contributed by atoms with Gasteiger partial charge in [0.25, 0.3) is 0 Å². The summed E-state index contributed by atoms with van der Waals surface area (Å²) in [5.41, 5.74) is 5.69. The molecule has 6 aromatic rings. The molecule has 0 fully saturated rings. The van der Waals surface area contributed by atoms with Crippen LogP contribution in [0.4, 0.5) is 0 Å². The first-order valence-corrected chi connectivity index (χ1v) is 9.42. The first kappa shape index (κ1) is 16.4. The maximum atomic E-state index is 9.61. The highest BCUT2D eigenvalue weighted by Crippen LogP contribution is 2.40. The third-order valence-corrected chi connectivity index (χ3v) is 5.50. The topological polar surface area (TPSA) is 66.7 Å². The summed E-state index contributed by atoms with van der Waals surface area (Å²) in [4.78, 5) is 0. The first-order chi connectivity index (χ1) is 14.2. The summed E-state index contributed by atoms with van der Waals surface area (Å²) >= 11 is 0. The normalized spacial score (nSPS) is 11.8. The molecule has 0 aliphatic heterocycles. The van der Waals surface area contributed by atoms with Crippen LogP contribution >= 0.6 is 0 Å². The van der Waals surface area contributed by atoms with Crippen molar-refractivity contribution in [2.24, 2.45) is 0 Å². The van der Waals surface area contributed by atoms with Gasteiger partial charge < -0.3 is 18.9 Å². The molecule has 0 spiro atoms. The van der Waals surface area contributed by atoms with E-state index in [1.54, 1.807) is 18.2 Å².